The Kier molecular flexibility index (Phi) is 4.63. The van der Waals surface area contributed by atoms with Crippen LogP contribution in [0.4, 0.5) is 0 Å². The van der Waals surface area contributed by atoms with E-state index in [1.807, 2.05) is 20.8 Å². The maximum atomic E-state index is 13.2. The van der Waals surface area contributed by atoms with E-state index in [1.54, 1.807) is 40.2 Å². The van der Waals surface area contributed by atoms with Crippen LogP contribution >= 0.6 is 0 Å². The summed E-state index contributed by atoms with van der Waals surface area (Å²) in [5.74, 6) is -0.153. The van der Waals surface area contributed by atoms with Crippen LogP contribution in [0, 0.1) is 0 Å². The second kappa shape index (κ2) is 7.19. The summed E-state index contributed by atoms with van der Waals surface area (Å²) in [6, 6.07) is 5.22. The molecule has 1 spiro atoms. The van der Waals surface area contributed by atoms with Gasteiger partial charge in [-0.25, -0.2) is 0 Å². The van der Waals surface area contributed by atoms with Crippen LogP contribution < -0.4 is 10.5 Å². The van der Waals surface area contributed by atoms with Crippen molar-refractivity contribution in [3.8, 4) is 5.75 Å². The standard InChI is InChI=1S/C24H27N5O4/c1-23(2,3)29-13-19-20(27-29)18(30)11-24(33-19)6-8-28(9-7-24)22(32)14-4-5-17-15(10-14)16(12-26-17)21(25)31/h4-5,10,12-13,26H,6-9,11H2,1-3H3,(H2,25,31). The number of benzene rings is 1. The van der Waals surface area contributed by atoms with Gasteiger partial charge in [0.2, 0.25) is 0 Å². The molecule has 4 heterocycles. The Labute approximate surface area is 190 Å². The largest absolute Gasteiger partial charge is 0.483 e. The molecule has 0 unspecified atom stereocenters. The lowest BCUT2D eigenvalue weighted by Gasteiger charge is -2.43. The van der Waals surface area contributed by atoms with Gasteiger partial charge in [0.1, 0.15) is 5.60 Å². The number of carbonyl (C=O) groups is 3. The lowest BCUT2D eigenvalue weighted by molar-refractivity contribution is -0.00586. The molecule has 172 valence electrons. The van der Waals surface area contributed by atoms with Gasteiger partial charge in [0, 0.05) is 48.6 Å². The minimum Gasteiger partial charge on any atom is -0.483 e. The molecule has 1 fully saturated rings. The summed E-state index contributed by atoms with van der Waals surface area (Å²) in [7, 11) is 0. The number of piperidine rings is 1. The molecule has 9 nitrogen and oxygen atoms in total. The zero-order valence-corrected chi connectivity index (χ0v) is 19.0. The molecule has 2 aliphatic rings. The Morgan fingerprint density at radius 3 is 2.61 bits per heavy atom. The fourth-order valence-electron chi connectivity index (χ4n) is 4.65. The summed E-state index contributed by atoms with van der Waals surface area (Å²) in [6.07, 6.45) is 4.74. The minimum atomic E-state index is -0.615. The number of primary amides is 1. The number of ketones is 1. The molecule has 0 saturated carbocycles. The molecule has 2 aromatic heterocycles. The van der Waals surface area contributed by atoms with Crippen molar-refractivity contribution in [2.75, 3.05) is 13.1 Å². The van der Waals surface area contributed by atoms with Crippen LogP contribution in [0.15, 0.2) is 30.6 Å². The van der Waals surface area contributed by atoms with Gasteiger partial charge in [-0.05, 0) is 39.0 Å². The SMILES string of the molecule is CC(C)(C)n1cc2c(n1)C(=O)CC1(CCN(C(=O)c3ccc4[nH]cc(C(N)=O)c4c3)CC1)O2. The molecule has 1 saturated heterocycles. The van der Waals surface area contributed by atoms with Gasteiger partial charge in [0.25, 0.3) is 11.8 Å². The highest BCUT2D eigenvalue weighted by Gasteiger charge is 2.45. The maximum Gasteiger partial charge on any atom is 0.253 e. The average molecular weight is 450 g/mol. The molecule has 0 radical (unpaired) electrons. The summed E-state index contributed by atoms with van der Waals surface area (Å²) < 4.78 is 8.10. The number of aromatic amines is 1. The summed E-state index contributed by atoms with van der Waals surface area (Å²) in [4.78, 5) is 42.4. The first-order valence-corrected chi connectivity index (χ1v) is 11.1. The van der Waals surface area contributed by atoms with Gasteiger partial charge in [-0.3, -0.25) is 19.1 Å². The number of carbonyl (C=O) groups excluding carboxylic acids is 3. The van der Waals surface area contributed by atoms with Crippen molar-refractivity contribution >= 4 is 28.5 Å². The maximum absolute atomic E-state index is 13.2. The predicted molar refractivity (Wildman–Crippen MR) is 121 cm³/mol. The summed E-state index contributed by atoms with van der Waals surface area (Å²) in [5.41, 5.74) is 6.57. The first-order chi connectivity index (χ1) is 15.6. The highest BCUT2D eigenvalue weighted by molar-refractivity contribution is 6.08. The molecule has 0 bridgehead atoms. The number of hydrogen-bond acceptors (Lipinski definition) is 5. The molecular formula is C24H27N5O4. The van der Waals surface area contributed by atoms with E-state index in [4.69, 9.17) is 10.5 Å². The number of aromatic nitrogens is 3. The zero-order chi connectivity index (χ0) is 23.5. The van der Waals surface area contributed by atoms with Crippen LogP contribution in [-0.2, 0) is 5.54 Å². The summed E-state index contributed by atoms with van der Waals surface area (Å²) in [5, 5.41) is 5.08. The van der Waals surface area contributed by atoms with Crippen LogP contribution in [-0.4, -0.2) is 56.0 Å². The van der Waals surface area contributed by atoms with Crippen molar-refractivity contribution in [2.45, 2.75) is 51.2 Å². The number of likely N-dealkylation sites (tertiary alicyclic amines) is 1. The first kappa shape index (κ1) is 21.2. The van der Waals surface area contributed by atoms with Crippen molar-refractivity contribution in [1.29, 1.82) is 0 Å². The van der Waals surface area contributed by atoms with Crippen LogP contribution in [0.25, 0.3) is 10.9 Å². The van der Waals surface area contributed by atoms with E-state index in [0.717, 1.165) is 5.52 Å². The van der Waals surface area contributed by atoms with Gasteiger partial charge < -0.3 is 20.4 Å². The number of rotatable bonds is 2. The minimum absolute atomic E-state index is 0.0177. The molecule has 9 heteroatoms. The molecule has 3 aromatic rings. The van der Waals surface area contributed by atoms with E-state index in [2.05, 4.69) is 10.1 Å². The van der Waals surface area contributed by atoms with Crippen molar-refractivity contribution in [2.24, 2.45) is 5.73 Å². The lowest BCUT2D eigenvalue weighted by Crippen LogP contribution is -2.52. The van der Waals surface area contributed by atoms with Crippen molar-refractivity contribution in [3.05, 3.63) is 47.4 Å². The number of nitrogens with zero attached hydrogens (tertiary/aromatic N) is 3. The van der Waals surface area contributed by atoms with Gasteiger partial charge in [0.05, 0.1) is 23.7 Å². The van der Waals surface area contributed by atoms with Gasteiger partial charge in [-0.15, -0.1) is 0 Å². The number of fused-ring (bicyclic) bond motifs is 2. The van der Waals surface area contributed by atoms with Gasteiger partial charge >= 0.3 is 0 Å². The molecule has 33 heavy (non-hydrogen) atoms. The van der Waals surface area contributed by atoms with Crippen LogP contribution in [0.1, 0.15) is 71.2 Å². The number of hydrogen-bond donors (Lipinski definition) is 2. The molecule has 0 atom stereocenters. The second-order valence-corrected chi connectivity index (χ2v) is 9.96. The van der Waals surface area contributed by atoms with Crippen molar-refractivity contribution < 1.29 is 19.1 Å². The van der Waals surface area contributed by atoms with E-state index in [-0.39, 0.29) is 23.7 Å². The zero-order valence-electron chi connectivity index (χ0n) is 19.0. The fourth-order valence-corrected chi connectivity index (χ4v) is 4.65. The van der Waals surface area contributed by atoms with E-state index >= 15 is 0 Å². The highest BCUT2D eigenvalue weighted by atomic mass is 16.5. The Hall–Kier alpha value is -3.62. The first-order valence-electron chi connectivity index (χ1n) is 11.1. The lowest BCUT2D eigenvalue weighted by atomic mass is 9.83. The van der Waals surface area contributed by atoms with Gasteiger partial charge in [-0.1, -0.05) is 0 Å². The van der Waals surface area contributed by atoms with E-state index < -0.39 is 11.5 Å². The Morgan fingerprint density at radius 1 is 1.21 bits per heavy atom. The number of H-pyrrole nitrogens is 1. The smallest absolute Gasteiger partial charge is 0.253 e. The Morgan fingerprint density at radius 2 is 1.94 bits per heavy atom. The van der Waals surface area contributed by atoms with Gasteiger partial charge in [-0.2, -0.15) is 5.10 Å². The number of Topliss-reactive ketones (excluding diaryl/α,β-unsaturated/α-hetero) is 1. The number of nitrogens with one attached hydrogen (secondary N) is 1. The molecule has 3 N–H and O–H groups in total. The van der Waals surface area contributed by atoms with E-state index in [0.29, 0.717) is 53.9 Å². The Balaban J connectivity index is 1.33. The fraction of sp³-hybridized carbons (Fsp3) is 0.417. The predicted octanol–water partition coefficient (Wildman–Crippen LogP) is 2.86. The number of amides is 2. The van der Waals surface area contributed by atoms with Crippen molar-refractivity contribution in [3.63, 3.8) is 0 Å². The normalized spacial score (nSPS) is 17.8. The molecule has 2 aliphatic heterocycles. The van der Waals surface area contributed by atoms with E-state index in [9.17, 15) is 14.4 Å². The number of ether oxygens (including phenoxy) is 1. The van der Waals surface area contributed by atoms with Crippen molar-refractivity contribution in [1.82, 2.24) is 19.7 Å². The number of nitrogens with two attached hydrogens (primary N) is 1. The second-order valence-electron chi connectivity index (χ2n) is 9.96. The average Bonchev–Trinajstić information content (AvgIpc) is 3.37. The van der Waals surface area contributed by atoms with Crippen LogP contribution in [0.5, 0.6) is 5.75 Å². The van der Waals surface area contributed by atoms with E-state index in [1.165, 1.54) is 0 Å². The highest BCUT2D eigenvalue weighted by Crippen LogP contribution is 2.40. The van der Waals surface area contributed by atoms with Gasteiger partial charge in [0.15, 0.2) is 17.2 Å². The molecule has 5 rings (SSSR count). The quantitative estimate of drug-likeness (QED) is 0.623. The monoisotopic (exact) mass is 449 g/mol. The topological polar surface area (TPSA) is 123 Å². The summed E-state index contributed by atoms with van der Waals surface area (Å²) >= 11 is 0. The molecular weight excluding hydrogens is 422 g/mol. The molecule has 1 aromatic carbocycles. The Bertz CT molecular complexity index is 1290. The van der Waals surface area contributed by atoms with Crippen LogP contribution in [0.3, 0.4) is 0 Å². The third-order valence-electron chi connectivity index (χ3n) is 6.60. The van der Waals surface area contributed by atoms with Crippen LogP contribution in [0.2, 0.25) is 0 Å². The summed E-state index contributed by atoms with van der Waals surface area (Å²) in [6.45, 7) is 7.01. The third-order valence-corrected chi connectivity index (χ3v) is 6.60. The third kappa shape index (κ3) is 3.57. The molecule has 0 aliphatic carbocycles. The molecule has 2 amide bonds.